The summed E-state index contributed by atoms with van der Waals surface area (Å²) in [5.41, 5.74) is 5.19. The number of halogens is 1. The molecule has 2 aromatic heterocycles. The predicted octanol–water partition coefficient (Wildman–Crippen LogP) is 1.20. The van der Waals surface area contributed by atoms with Crippen LogP contribution in [-0.2, 0) is 18.6 Å². The monoisotopic (exact) mass is 386 g/mol. The van der Waals surface area contributed by atoms with Gasteiger partial charge in [-0.1, -0.05) is 0 Å². The highest BCUT2D eigenvalue weighted by Crippen LogP contribution is 2.48. The lowest BCUT2D eigenvalue weighted by Crippen LogP contribution is -2.42. The molecule has 10 nitrogen and oxygen atoms in total. The number of imidazole rings is 1. The van der Waals surface area contributed by atoms with Gasteiger partial charge in [-0.05, 0) is 11.5 Å². The third-order valence-electron chi connectivity index (χ3n) is 4.40. The molecule has 2 aliphatic heterocycles. The predicted molar refractivity (Wildman–Crippen MR) is 87.9 cm³/mol. The molecule has 0 radical (unpaired) electrons. The summed E-state index contributed by atoms with van der Waals surface area (Å²) in [5.74, 6) is 0.250. The summed E-state index contributed by atoms with van der Waals surface area (Å²) in [6, 6.07) is 0. The smallest absolute Gasteiger partial charge is 0.476 e. The zero-order valence-electron chi connectivity index (χ0n) is 14.2. The number of nitrogens with two attached hydrogens (primary N) is 1. The molecule has 1 unspecified atom stereocenters. The van der Waals surface area contributed by atoms with Crippen molar-refractivity contribution in [2.24, 2.45) is 0 Å². The number of alkyl halides is 1. The van der Waals surface area contributed by atoms with Crippen molar-refractivity contribution >= 4 is 25.1 Å². The zero-order chi connectivity index (χ0) is 18.5. The minimum atomic E-state index is -1.88. The van der Waals surface area contributed by atoms with E-state index >= 15 is 0 Å². The van der Waals surface area contributed by atoms with E-state index < -0.39 is 32.1 Å². The van der Waals surface area contributed by atoms with Crippen molar-refractivity contribution in [3.8, 4) is 5.88 Å². The lowest BCUT2D eigenvalue weighted by atomic mass is 10.0. The standard InChI is InChI=1S/C14H18FN5O5P/c1-3-22-11-7-10(18-13(16)19-11)20(6-17-7)12-8-9(15)14(25-12,4-23-8)5-24-26(2)21/h6,8-9,12H,3-5H2,1-2H3,(H2,16,18,19)/q+1/t8-,9+,12-,14-/m1/s1. The van der Waals surface area contributed by atoms with Crippen LogP contribution >= 0.6 is 8.03 Å². The Morgan fingerprint density at radius 2 is 2.35 bits per heavy atom. The second kappa shape index (κ2) is 6.34. The summed E-state index contributed by atoms with van der Waals surface area (Å²) in [4.78, 5) is 12.5. The summed E-state index contributed by atoms with van der Waals surface area (Å²) < 4.78 is 49.7. The SMILES string of the molecule is CCOc1nc(N)nc2c1ncn2[C@@H]1O[C@@]2(CO[P+](C)=O)CO[C@@H]1[C@@H]2F. The first-order valence-electron chi connectivity index (χ1n) is 8.05. The van der Waals surface area contributed by atoms with Gasteiger partial charge in [-0.15, -0.1) is 4.52 Å². The van der Waals surface area contributed by atoms with Gasteiger partial charge < -0.3 is 19.9 Å². The molecule has 12 heteroatoms. The van der Waals surface area contributed by atoms with E-state index in [1.54, 1.807) is 4.57 Å². The van der Waals surface area contributed by atoms with E-state index in [9.17, 15) is 8.96 Å². The Hall–Kier alpha value is -1.94. The fraction of sp³-hybridized carbons (Fsp3) is 0.643. The molecule has 0 spiro atoms. The molecule has 2 N–H and O–H groups in total. The summed E-state index contributed by atoms with van der Waals surface area (Å²) in [5, 5.41) is 0. The average Bonchev–Trinajstić information content (AvgIpc) is 3.23. The molecule has 4 rings (SSSR count). The van der Waals surface area contributed by atoms with Crippen LogP contribution in [0.1, 0.15) is 13.2 Å². The van der Waals surface area contributed by atoms with E-state index in [2.05, 4.69) is 15.0 Å². The number of aromatic nitrogens is 4. The largest absolute Gasteiger partial charge is 0.504 e. The molecule has 2 bridgehead atoms. The van der Waals surface area contributed by atoms with Crippen LogP contribution in [0, 0.1) is 0 Å². The maximum absolute atomic E-state index is 14.9. The summed E-state index contributed by atoms with van der Waals surface area (Å²) >= 11 is 0. The maximum Gasteiger partial charge on any atom is 0.504 e. The Labute approximate surface area is 148 Å². The third-order valence-corrected chi connectivity index (χ3v) is 4.89. The number of rotatable bonds is 6. The first-order valence-corrected chi connectivity index (χ1v) is 9.68. The van der Waals surface area contributed by atoms with E-state index in [4.69, 9.17) is 24.5 Å². The van der Waals surface area contributed by atoms with E-state index in [-0.39, 0.29) is 25.0 Å². The normalized spacial score (nSPS) is 30.9. The molecule has 2 aliphatic rings. The van der Waals surface area contributed by atoms with Gasteiger partial charge in [0.05, 0.1) is 19.5 Å². The van der Waals surface area contributed by atoms with Gasteiger partial charge in [0.25, 0.3) is 0 Å². The number of hydrogen-bond acceptors (Lipinski definition) is 9. The minimum Gasteiger partial charge on any atom is -0.476 e. The molecule has 2 saturated heterocycles. The number of ether oxygens (including phenoxy) is 3. The highest BCUT2D eigenvalue weighted by atomic mass is 31.1. The molecule has 26 heavy (non-hydrogen) atoms. The highest BCUT2D eigenvalue weighted by Gasteiger charge is 2.64. The summed E-state index contributed by atoms with van der Waals surface area (Å²) in [6.45, 7) is 3.45. The molecular formula is C14H18FN5O5P+. The Balaban J connectivity index is 1.70. The number of nitrogen functional groups attached to an aromatic ring is 1. The molecule has 140 valence electrons. The van der Waals surface area contributed by atoms with Crippen LogP contribution in [-0.4, -0.2) is 63.9 Å². The van der Waals surface area contributed by atoms with E-state index in [0.29, 0.717) is 17.8 Å². The van der Waals surface area contributed by atoms with Crippen molar-refractivity contribution in [3.63, 3.8) is 0 Å². The van der Waals surface area contributed by atoms with Gasteiger partial charge in [0, 0.05) is 0 Å². The fourth-order valence-electron chi connectivity index (χ4n) is 3.23. The molecule has 2 fully saturated rings. The Morgan fingerprint density at radius 3 is 3.08 bits per heavy atom. The molecule has 0 saturated carbocycles. The average molecular weight is 386 g/mol. The van der Waals surface area contributed by atoms with Crippen molar-refractivity contribution in [3.05, 3.63) is 6.33 Å². The van der Waals surface area contributed by atoms with Crippen LogP contribution in [0.2, 0.25) is 0 Å². The topological polar surface area (TPSA) is 124 Å². The lowest BCUT2D eigenvalue weighted by Gasteiger charge is -2.29. The van der Waals surface area contributed by atoms with Crippen LogP contribution in [0.4, 0.5) is 10.3 Å². The highest BCUT2D eigenvalue weighted by molar-refractivity contribution is 7.38. The van der Waals surface area contributed by atoms with Crippen molar-refractivity contribution in [2.45, 2.75) is 31.0 Å². The van der Waals surface area contributed by atoms with Crippen molar-refractivity contribution in [2.75, 3.05) is 32.2 Å². The van der Waals surface area contributed by atoms with Gasteiger partial charge in [0.15, 0.2) is 35.8 Å². The van der Waals surface area contributed by atoms with Gasteiger partial charge in [0.1, 0.15) is 12.7 Å². The molecule has 0 amide bonds. The second-order valence-electron chi connectivity index (χ2n) is 6.11. The van der Waals surface area contributed by atoms with Crippen molar-refractivity contribution in [1.82, 2.24) is 19.5 Å². The van der Waals surface area contributed by atoms with Crippen LogP contribution < -0.4 is 10.5 Å². The van der Waals surface area contributed by atoms with Crippen LogP contribution in [0.25, 0.3) is 11.2 Å². The number of hydrogen-bond donors (Lipinski definition) is 1. The molecule has 0 aliphatic carbocycles. The molecule has 4 heterocycles. The fourth-order valence-corrected chi connectivity index (χ4v) is 3.64. The maximum atomic E-state index is 14.9. The number of fused-ring (bicyclic) bond motifs is 3. The third kappa shape index (κ3) is 2.62. The van der Waals surface area contributed by atoms with Gasteiger partial charge in [0.2, 0.25) is 11.8 Å². The molecular weight excluding hydrogens is 368 g/mol. The van der Waals surface area contributed by atoms with Gasteiger partial charge in [-0.3, -0.25) is 4.57 Å². The minimum absolute atomic E-state index is 0.00426. The molecule has 2 aromatic rings. The number of nitrogens with zero attached hydrogens (tertiary/aromatic N) is 4. The first-order chi connectivity index (χ1) is 12.4. The molecule has 5 atom stereocenters. The molecule has 0 aromatic carbocycles. The number of anilines is 1. The summed E-state index contributed by atoms with van der Waals surface area (Å²) in [6.07, 6.45) is -1.66. The van der Waals surface area contributed by atoms with Crippen LogP contribution in [0.15, 0.2) is 6.33 Å². The van der Waals surface area contributed by atoms with Gasteiger partial charge in [-0.25, -0.2) is 9.37 Å². The Bertz CT molecular complexity index is 866. The van der Waals surface area contributed by atoms with E-state index in [0.717, 1.165) is 0 Å². The van der Waals surface area contributed by atoms with Crippen LogP contribution in [0.3, 0.4) is 0 Å². The summed E-state index contributed by atoms with van der Waals surface area (Å²) in [7, 11) is -1.88. The van der Waals surface area contributed by atoms with Gasteiger partial charge >= 0.3 is 8.03 Å². The van der Waals surface area contributed by atoms with Crippen molar-refractivity contribution in [1.29, 1.82) is 0 Å². The first kappa shape index (κ1) is 17.5. The van der Waals surface area contributed by atoms with Crippen molar-refractivity contribution < 1.29 is 27.7 Å². The van der Waals surface area contributed by atoms with E-state index in [1.807, 2.05) is 6.92 Å². The quantitative estimate of drug-likeness (QED) is 0.729. The van der Waals surface area contributed by atoms with Gasteiger partial charge in [-0.2, -0.15) is 9.97 Å². The van der Waals surface area contributed by atoms with E-state index in [1.165, 1.54) is 13.0 Å². The Morgan fingerprint density at radius 1 is 1.54 bits per heavy atom. The lowest BCUT2D eigenvalue weighted by molar-refractivity contribution is -0.180. The zero-order valence-corrected chi connectivity index (χ0v) is 15.1. The van der Waals surface area contributed by atoms with Crippen LogP contribution in [0.5, 0.6) is 5.88 Å². The Kier molecular flexibility index (Phi) is 4.26. The second-order valence-corrected chi connectivity index (χ2v) is 7.25.